The van der Waals surface area contributed by atoms with Gasteiger partial charge in [0, 0.05) is 48.8 Å². The Hall–Kier alpha value is -1.95. The van der Waals surface area contributed by atoms with Gasteiger partial charge < -0.3 is 14.5 Å². The van der Waals surface area contributed by atoms with Crippen molar-refractivity contribution in [2.75, 3.05) is 6.61 Å². The van der Waals surface area contributed by atoms with Crippen LogP contribution in [-0.2, 0) is 4.74 Å². The summed E-state index contributed by atoms with van der Waals surface area (Å²) in [4.78, 5) is 21.0. The first-order valence-corrected chi connectivity index (χ1v) is 7.29. The van der Waals surface area contributed by atoms with Gasteiger partial charge in [0.2, 0.25) is 0 Å². The van der Waals surface area contributed by atoms with E-state index < -0.39 is 0 Å². The average molecular weight is 286 g/mol. The van der Waals surface area contributed by atoms with Gasteiger partial charge in [-0.2, -0.15) is 0 Å². The highest BCUT2D eigenvalue weighted by atomic mass is 16.5. The van der Waals surface area contributed by atoms with Gasteiger partial charge in [-0.25, -0.2) is 9.97 Å². The molecule has 1 saturated carbocycles. The van der Waals surface area contributed by atoms with Crippen molar-refractivity contribution in [1.29, 1.82) is 0 Å². The molecule has 1 saturated heterocycles. The summed E-state index contributed by atoms with van der Waals surface area (Å²) in [5.74, 6) is 0.263. The molecule has 1 aliphatic heterocycles. The molecule has 6 heteroatoms. The van der Waals surface area contributed by atoms with Crippen LogP contribution in [0.15, 0.2) is 24.8 Å². The van der Waals surface area contributed by atoms with Crippen LogP contribution >= 0.6 is 0 Å². The Kier molecular flexibility index (Phi) is 2.60. The average Bonchev–Trinajstić information content (AvgIpc) is 3.11. The Morgan fingerprint density at radius 3 is 2.95 bits per heavy atom. The molecular weight excluding hydrogens is 268 g/mol. The van der Waals surface area contributed by atoms with Crippen molar-refractivity contribution in [2.24, 2.45) is 11.3 Å². The van der Waals surface area contributed by atoms with Crippen LogP contribution in [0.5, 0.6) is 0 Å². The van der Waals surface area contributed by atoms with Gasteiger partial charge in [-0.1, -0.05) is 13.8 Å². The molecule has 4 rings (SSSR count). The lowest BCUT2D eigenvalue weighted by Gasteiger charge is -2.54. The summed E-state index contributed by atoms with van der Waals surface area (Å²) in [6.45, 7) is 5.08. The minimum atomic E-state index is -0.157. The summed E-state index contributed by atoms with van der Waals surface area (Å²) in [5.41, 5.74) is 0.934. The molecule has 21 heavy (non-hydrogen) atoms. The zero-order chi connectivity index (χ0) is 14.6. The van der Waals surface area contributed by atoms with E-state index in [0.717, 1.165) is 13.0 Å². The number of fused-ring (bicyclic) bond motifs is 2. The Labute approximate surface area is 122 Å². The molecule has 1 N–H and O–H groups in total. The Morgan fingerprint density at radius 1 is 1.38 bits per heavy atom. The normalized spacial score (nSPS) is 29.9. The lowest BCUT2D eigenvalue weighted by molar-refractivity contribution is -0.108. The first-order valence-electron chi connectivity index (χ1n) is 7.29. The van der Waals surface area contributed by atoms with E-state index in [4.69, 9.17) is 4.74 Å². The predicted octanol–water partition coefficient (Wildman–Crippen LogP) is 1.27. The van der Waals surface area contributed by atoms with Crippen molar-refractivity contribution in [1.82, 2.24) is 19.7 Å². The number of amides is 1. The van der Waals surface area contributed by atoms with Crippen molar-refractivity contribution in [2.45, 2.75) is 32.4 Å². The van der Waals surface area contributed by atoms with Crippen molar-refractivity contribution in [3.8, 4) is 0 Å². The second-order valence-electron chi connectivity index (χ2n) is 6.45. The van der Waals surface area contributed by atoms with E-state index >= 15 is 0 Å². The third-order valence-electron chi connectivity index (χ3n) is 4.91. The molecule has 0 bridgehead atoms. The quantitative estimate of drug-likeness (QED) is 0.903. The largest absolute Gasteiger partial charge is 0.377 e. The summed E-state index contributed by atoms with van der Waals surface area (Å²) < 4.78 is 7.56. The monoisotopic (exact) mass is 286 g/mol. The summed E-state index contributed by atoms with van der Waals surface area (Å²) in [6, 6.07) is 0.134. The van der Waals surface area contributed by atoms with Crippen molar-refractivity contribution >= 4 is 11.6 Å². The van der Waals surface area contributed by atoms with Crippen LogP contribution in [0.3, 0.4) is 0 Å². The van der Waals surface area contributed by atoms with Gasteiger partial charge in [-0.15, -0.1) is 0 Å². The molecule has 2 fully saturated rings. The molecule has 0 spiro atoms. The molecule has 0 aromatic carbocycles. The van der Waals surface area contributed by atoms with E-state index in [-0.39, 0.29) is 23.5 Å². The number of carbonyl (C=O) groups is 1. The van der Waals surface area contributed by atoms with Gasteiger partial charge in [0.15, 0.2) is 11.3 Å². The minimum absolute atomic E-state index is 0.0304. The van der Waals surface area contributed by atoms with Crippen LogP contribution < -0.4 is 5.32 Å². The van der Waals surface area contributed by atoms with Crippen molar-refractivity contribution in [3.05, 3.63) is 30.5 Å². The van der Waals surface area contributed by atoms with E-state index in [1.165, 1.54) is 0 Å². The first-order chi connectivity index (χ1) is 10.1. The molecule has 3 atom stereocenters. The standard InChI is InChI=1S/C15H18N4O2/c1-15(2)11(9-3-8-21-12(9)15)18-14(20)10-13-17-5-7-19(13)6-4-16-10/h4-7,9,11-12H,3,8H2,1-2H3,(H,18,20)/t9-,11+,12+/m1/s1. The molecule has 1 amide bonds. The Morgan fingerprint density at radius 2 is 2.14 bits per heavy atom. The second kappa shape index (κ2) is 4.27. The fourth-order valence-electron chi connectivity index (χ4n) is 3.84. The Balaban J connectivity index is 1.60. The smallest absolute Gasteiger partial charge is 0.274 e. The van der Waals surface area contributed by atoms with Gasteiger partial charge in [0.1, 0.15) is 0 Å². The molecule has 0 radical (unpaired) electrons. The van der Waals surface area contributed by atoms with Crippen LogP contribution in [0, 0.1) is 11.3 Å². The van der Waals surface area contributed by atoms with Crippen LogP contribution in [0.2, 0.25) is 0 Å². The molecule has 2 aliphatic rings. The third kappa shape index (κ3) is 1.72. The number of hydrogen-bond acceptors (Lipinski definition) is 4. The number of nitrogens with zero attached hydrogens (tertiary/aromatic N) is 3. The highest BCUT2D eigenvalue weighted by molar-refractivity contribution is 5.98. The molecule has 2 aromatic rings. The lowest BCUT2D eigenvalue weighted by Crippen LogP contribution is -2.66. The van der Waals surface area contributed by atoms with E-state index in [2.05, 4.69) is 29.1 Å². The van der Waals surface area contributed by atoms with Crippen molar-refractivity contribution < 1.29 is 9.53 Å². The zero-order valence-electron chi connectivity index (χ0n) is 12.1. The maximum absolute atomic E-state index is 12.6. The summed E-state index contributed by atoms with van der Waals surface area (Å²) in [5, 5.41) is 3.14. The SMILES string of the molecule is CC1(C)[C@@H](NC(=O)c2nccn3ccnc23)[C@H]2CCO[C@@H]21. The first kappa shape index (κ1) is 12.8. The van der Waals surface area contributed by atoms with E-state index in [1.54, 1.807) is 23.0 Å². The maximum atomic E-state index is 12.6. The molecule has 3 heterocycles. The zero-order valence-corrected chi connectivity index (χ0v) is 12.1. The van der Waals surface area contributed by atoms with Crippen molar-refractivity contribution in [3.63, 3.8) is 0 Å². The molecular formula is C15H18N4O2. The minimum Gasteiger partial charge on any atom is -0.377 e. The highest BCUT2D eigenvalue weighted by Crippen LogP contribution is 2.52. The van der Waals surface area contributed by atoms with E-state index in [0.29, 0.717) is 17.3 Å². The molecule has 110 valence electrons. The number of carbonyl (C=O) groups excluding carboxylic acids is 1. The highest BCUT2D eigenvalue weighted by Gasteiger charge is 2.59. The van der Waals surface area contributed by atoms with E-state index in [1.807, 2.05) is 6.20 Å². The maximum Gasteiger partial charge on any atom is 0.274 e. The summed E-state index contributed by atoms with van der Waals surface area (Å²) >= 11 is 0. The number of imidazole rings is 1. The van der Waals surface area contributed by atoms with Crippen LogP contribution in [0.4, 0.5) is 0 Å². The lowest BCUT2D eigenvalue weighted by atomic mass is 9.57. The van der Waals surface area contributed by atoms with Gasteiger partial charge >= 0.3 is 0 Å². The molecule has 2 aromatic heterocycles. The van der Waals surface area contributed by atoms with Gasteiger partial charge in [0.05, 0.1) is 6.10 Å². The second-order valence-corrected chi connectivity index (χ2v) is 6.45. The number of rotatable bonds is 2. The van der Waals surface area contributed by atoms with Crippen LogP contribution in [0.25, 0.3) is 5.65 Å². The van der Waals surface area contributed by atoms with Gasteiger partial charge in [-0.3, -0.25) is 4.79 Å². The van der Waals surface area contributed by atoms with Crippen LogP contribution in [0.1, 0.15) is 30.8 Å². The summed E-state index contributed by atoms with van der Waals surface area (Å²) in [7, 11) is 0. The molecule has 6 nitrogen and oxygen atoms in total. The number of aromatic nitrogens is 3. The third-order valence-corrected chi connectivity index (χ3v) is 4.91. The fraction of sp³-hybridized carbons (Fsp3) is 0.533. The van der Waals surface area contributed by atoms with E-state index in [9.17, 15) is 4.79 Å². The predicted molar refractivity (Wildman–Crippen MR) is 75.9 cm³/mol. The molecule has 1 aliphatic carbocycles. The fourth-order valence-corrected chi connectivity index (χ4v) is 3.84. The number of ether oxygens (including phenoxy) is 1. The van der Waals surface area contributed by atoms with Gasteiger partial charge in [0.25, 0.3) is 5.91 Å². The molecule has 0 unspecified atom stereocenters. The number of nitrogens with one attached hydrogen (secondary N) is 1. The van der Waals surface area contributed by atoms with Crippen LogP contribution in [-0.4, -0.2) is 39.0 Å². The number of hydrogen-bond donors (Lipinski definition) is 1. The Bertz CT molecular complexity index is 709. The van der Waals surface area contributed by atoms with Gasteiger partial charge in [-0.05, 0) is 6.42 Å². The topological polar surface area (TPSA) is 68.5 Å². The summed E-state index contributed by atoms with van der Waals surface area (Å²) in [6.07, 6.45) is 8.16.